The number of carbonyl (C=O) groups is 2. The third-order valence-electron chi connectivity index (χ3n) is 4.83. The molecule has 2 unspecified atom stereocenters. The van der Waals surface area contributed by atoms with Gasteiger partial charge in [-0.2, -0.15) is 0 Å². The van der Waals surface area contributed by atoms with Gasteiger partial charge in [-0.1, -0.05) is 26.5 Å². The molecule has 0 saturated heterocycles. The van der Waals surface area contributed by atoms with Crippen molar-refractivity contribution in [2.45, 2.75) is 57.6 Å². The van der Waals surface area contributed by atoms with Crippen molar-refractivity contribution >= 4 is 40.0 Å². The number of amides is 1. The topological polar surface area (TPSA) is 113 Å². The molecule has 0 saturated carbocycles. The van der Waals surface area contributed by atoms with Gasteiger partial charge in [-0.3, -0.25) is 19.9 Å². The molecule has 4 bridgehead atoms. The number of carbonyl (C=O) groups excluding carboxylic acids is 2. The number of aromatic nitrogens is 1. The monoisotopic (exact) mass is 438 g/mol. The second-order valence-electron chi connectivity index (χ2n) is 7.67. The Bertz CT molecular complexity index is 825. The first-order valence-corrected chi connectivity index (χ1v) is 11.3. The summed E-state index contributed by atoms with van der Waals surface area (Å²) in [6.07, 6.45) is -0.406. The Hall–Kier alpha value is -1.75. The van der Waals surface area contributed by atoms with Crippen LogP contribution in [0.5, 0.6) is 0 Å². The molecule has 0 aromatic carbocycles. The molecule has 158 valence electrons. The SMILES string of the molecule is C=C[C@@H]1CC(=O)NCc2nc(cs2)C2=N[C@@](C)(CS2)C(O)NC(C(C)C)C(=O)O1. The molecule has 0 radical (unpaired) electrons. The van der Waals surface area contributed by atoms with Gasteiger partial charge in [-0.15, -0.1) is 23.1 Å². The van der Waals surface area contributed by atoms with Crippen LogP contribution in [0.3, 0.4) is 0 Å². The summed E-state index contributed by atoms with van der Waals surface area (Å²) in [6, 6.07) is -0.754. The molecule has 8 nitrogen and oxygen atoms in total. The summed E-state index contributed by atoms with van der Waals surface area (Å²) in [7, 11) is 0. The van der Waals surface area contributed by atoms with E-state index in [0.29, 0.717) is 5.75 Å². The summed E-state index contributed by atoms with van der Waals surface area (Å²) in [6.45, 7) is 9.51. The van der Waals surface area contributed by atoms with Gasteiger partial charge in [0.2, 0.25) is 5.91 Å². The molecular formula is C19H26N4O4S2. The van der Waals surface area contributed by atoms with Crippen LogP contribution >= 0.6 is 23.1 Å². The minimum atomic E-state index is -1.05. The fourth-order valence-corrected chi connectivity index (χ4v) is 4.95. The summed E-state index contributed by atoms with van der Waals surface area (Å²) >= 11 is 2.95. The Morgan fingerprint density at radius 2 is 2.21 bits per heavy atom. The molecule has 1 amide bonds. The molecule has 29 heavy (non-hydrogen) atoms. The molecule has 3 rings (SSSR count). The highest BCUT2D eigenvalue weighted by molar-refractivity contribution is 8.14. The first kappa shape index (κ1) is 21.9. The van der Waals surface area contributed by atoms with Crippen LogP contribution in [-0.2, 0) is 20.9 Å². The maximum Gasteiger partial charge on any atom is 0.324 e. The predicted octanol–water partition coefficient (Wildman–Crippen LogP) is 1.45. The number of aliphatic hydroxyl groups is 1. The maximum atomic E-state index is 12.7. The van der Waals surface area contributed by atoms with E-state index in [2.05, 4.69) is 22.2 Å². The van der Waals surface area contributed by atoms with Gasteiger partial charge in [0.25, 0.3) is 0 Å². The lowest BCUT2D eigenvalue weighted by molar-refractivity contribution is -0.153. The zero-order valence-electron chi connectivity index (χ0n) is 16.7. The number of ether oxygens (including phenoxy) is 1. The number of cyclic esters (lactones) is 1. The van der Waals surface area contributed by atoms with E-state index in [1.165, 1.54) is 29.2 Å². The maximum absolute atomic E-state index is 12.7. The lowest BCUT2D eigenvalue weighted by Gasteiger charge is -2.32. The third-order valence-corrected chi connectivity index (χ3v) is 6.98. The first-order chi connectivity index (χ1) is 13.7. The Morgan fingerprint density at radius 3 is 2.90 bits per heavy atom. The second kappa shape index (κ2) is 8.95. The standard InChI is InChI=1S/C19H26N4O4S2/c1-5-11-6-13(24)20-7-14-21-12(8-28-14)16-23-19(4,9-29-16)18(26)22-15(10(2)3)17(25)27-11/h5,8,10-11,15,18,22,26H,1,6-7,9H2,2-4H3,(H,20,24)/t11-,15?,18?,19+/m1/s1. The molecule has 1 aromatic rings. The van der Waals surface area contributed by atoms with E-state index in [-0.39, 0.29) is 24.8 Å². The normalized spacial score (nSPS) is 31.2. The summed E-state index contributed by atoms with van der Waals surface area (Å²) in [4.78, 5) is 34.2. The molecule has 4 atom stereocenters. The molecular weight excluding hydrogens is 412 g/mol. The van der Waals surface area contributed by atoms with Gasteiger partial charge in [0.1, 0.15) is 39.7 Å². The van der Waals surface area contributed by atoms with E-state index in [4.69, 9.17) is 9.73 Å². The molecule has 2 aliphatic rings. The van der Waals surface area contributed by atoms with E-state index < -0.39 is 29.9 Å². The molecule has 10 heteroatoms. The zero-order valence-corrected chi connectivity index (χ0v) is 18.3. The van der Waals surface area contributed by atoms with Crippen LogP contribution in [0.15, 0.2) is 23.0 Å². The number of rotatable bonds is 2. The van der Waals surface area contributed by atoms with Crippen LogP contribution in [0, 0.1) is 5.92 Å². The minimum absolute atomic E-state index is 0.0267. The summed E-state index contributed by atoms with van der Waals surface area (Å²) < 4.78 is 5.49. The number of hydrogen-bond donors (Lipinski definition) is 3. The lowest BCUT2D eigenvalue weighted by atomic mass is 9.99. The van der Waals surface area contributed by atoms with Crippen LogP contribution in [-0.4, -0.2) is 56.7 Å². The fraction of sp³-hybridized carbons (Fsp3) is 0.579. The van der Waals surface area contributed by atoms with E-state index in [1.807, 2.05) is 26.2 Å². The van der Waals surface area contributed by atoms with Gasteiger partial charge >= 0.3 is 5.97 Å². The number of thiazole rings is 1. The molecule has 2 aliphatic heterocycles. The Kier molecular flexibility index (Phi) is 6.77. The highest BCUT2D eigenvalue weighted by Gasteiger charge is 2.41. The van der Waals surface area contributed by atoms with Gasteiger partial charge in [0, 0.05) is 11.1 Å². The number of aliphatic imine (C=N–C) groups is 1. The Balaban J connectivity index is 1.93. The number of hydrogen-bond acceptors (Lipinski definition) is 9. The van der Waals surface area contributed by atoms with Crippen molar-refractivity contribution in [1.82, 2.24) is 15.6 Å². The average Bonchev–Trinajstić information content (AvgIpc) is 3.30. The van der Waals surface area contributed by atoms with E-state index in [0.717, 1.165) is 15.7 Å². The van der Waals surface area contributed by atoms with Crippen LogP contribution in [0.4, 0.5) is 0 Å². The quantitative estimate of drug-likeness (QED) is 0.473. The number of aliphatic hydroxyl groups excluding tert-OH is 1. The minimum Gasteiger partial charge on any atom is -0.456 e. The van der Waals surface area contributed by atoms with Crippen molar-refractivity contribution in [3.8, 4) is 0 Å². The highest BCUT2D eigenvalue weighted by Crippen LogP contribution is 2.33. The van der Waals surface area contributed by atoms with Crippen LogP contribution in [0.25, 0.3) is 0 Å². The second-order valence-corrected chi connectivity index (χ2v) is 9.58. The van der Waals surface area contributed by atoms with Crippen molar-refractivity contribution in [1.29, 1.82) is 0 Å². The fourth-order valence-electron chi connectivity index (χ4n) is 2.98. The number of nitrogens with one attached hydrogen (secondary N) is 2. The largest absolute Gasteiger partial charge is 0.456 e. The first-order valence-electron chi connectivity index (χ1n) is 9.43. The Morgan fingerprint density at radius 1 is 1.45 bits per heavy atom. The van der Waals surface area contributed by atoms with Gasteiger partial charge in [-0.25, -0.2) is 4.98 Å². The molecule has 0 aliphatic carbocycles. The van der Waals surface area contributed by atoms with E-state index in [9.17, 15) is 14.7 Å². The van der Waals surface area contributed by atoms with Gasteiger partial charge < -0.3 is 15.2 Å². The van der Waals surface area contributed by atoms with Gasteiger partial charge in [0.15, 0.2) is 0 Å². The predicted molar refractivity (Wildman–Crippen MR) is 114 cm³/mol. The zero-order chi connectivity index (χ0) is 21.2. The molecule has 0 fully saturated rings. The summed E-state index contributed by atoms with van der Waals surface area (Å²) in [5.74, 6) is -0.391. The molecule has 3 N–H and O–H groups in total. The van der Waals surface area contributed by atoms with Crippen LogP contribution in [0.2, 0.25) is 0 Å². The van der Waals surface area contributed by atoms with E-state index >= 15 is 0 Å². The number of nitrogens with zero attached hydrogens (tertiary/aromatic N) is 2. The van der Waals surface area contributed by atoms with Crippen molar-refractivity contribution in [3.05, 3.63) is 28.7 Å². The van der Waals surface area contributed by atoms with Crippen LogP contribution in [0.1, 0.15) is 37.9 Å². The number of esters is 1. The van der Waals surface area contributed by atoms with Crippen LogP contribution < -0.4 is 10.6 Å². The Labute approximate surface area is 178 Å². The average molecular weight is 439 g/mol. The van der Waals surface area contributed by atoms with Gasteiger partial charge in [0.05, 0.1) is 13.0 Å². The van der Waals surface area contributed by atoms with Gasteiger partial charge in [-0.05, 0) is 12.8 Å². The highest BCUT2D eigenvalue weighted by atomic mass is 32.2. The van der Waals surface area contributed by atoms with Crippen molar-refractivity contribution in [2.24, 2.45) is 10.9 Å². The molecule has 3 heterocycles. The lowest BCUT2D eigenvalue weighted by Crippen LogP contribution is -2.56. The number of fused-ring (bicyclic) bond motifs is 4. The number of thioether (sulfide) groups is 1. The molecule has 1 aromatic heterocycles. The van der Waals surface area contributed by atoms with Crippen molar-refractivity contribution in [3.63, 3.8) is 0 Å². The smallest absolute Gasteiger partial charge is 0.324 e. The van der Waals surface area contributed by atoms with Crippen molar-refractivity contribution < 1.29 is 19.4 Å². The van der Waals surface area contributed by atoms with E-state index in [1.54, 1.807) is 0 Å². The van der Waals surface area contributed by atoms with Crippen molar-refractivity contribution in [2.75, 3.05) is 5.75 Å². The third kappa shape index (κ3) is 5.06. The summed E-state index contributed by atoms with van der Waals surface area (Å²) in [5.41, 5.74) is -0.0728. The summed E-state index contributed by atoms with van der Waals surface area (Å²) in [5, 5.41) is 20.0. The molecule has 0 spiro atoms.